The SMILES string of the molecule is CC(C)(COP(=O)(O)OP(=O)(O)OCC1OC(n2cnc3c(N)ncnc32)C(O)C1OP(=O)(O)O)C(O)C(=O)NCCC(=O)NCCSC(=O)[C@@H](N)Cc1cc(I)c(Oc2cc(I)c(O)c(I)c2)c(I)c1. The molecule has 1 aliphatic rings. The highest BCUT2D eigenvalue weighted by atomic mass is 127. The van der Waals surface area contributed by atoms with Crippen LogP contribution in [0.25, 0.3) is 11.2 Å². The Morgan fingerprint density at radius 1 is 0.944 bits per heavy atom. The van der Waals surface area contributed by atoms with E-state index in [-0.39, 0.29) is 59.5 Å². The van der Waals surface area contributed by atoms with E-state index in [2.05, 4.69) is 79.6 Å². The smallest absolute Gasteiger partial charge is 0.481 e. The van der Waals surface area contributed by atoms with Crippen LogP contribution in [0.3, 0.4) is 0 Å². The number of imidazole rings is 1. The van der Waals surface area contributed by atoms with Gasteiger partial charge in [-0.15, -0.1) is 0 Å². The number of rotatable bonds is 24. The second kappa shape index (κ2) is 25.5. The van der Waals surface area contributed by atoms with Crippen molar-refractivity contribution in [1.29, 1.82) is 0 Å². The van der Waals surface area contributed by atoms with Crippen LogP contribution >= 0.6 is 126 Å². The molecule has 0 saturated carbocycles. The van der Waals surface area contributed by atoms with Gasteiger partial charge in [-0.1, -0.05) is 25.6 Å². The van der Waals surface area contributed by atoms with Crippen LogP contribution in [0, 0.1) is 19.7 Å². The molecule has 1 fully saturated rings. The molecule has 0 bridgehead atoms. The quantitative estimate of drug-likeness (QED) is 0.0273. The number of nitrogens with two attached hydrogens (primary N) is 2. The van der Waals surface area contributed by atoms with E-state index in [9.17, 15) is 63.0 Å². The number of carbonyl (C=O) groups is 3. The van der Waals surface area contributed by atoms with Crippen molar-refractivity contribution in [3.05, 3.63) is 56.8 Å². The number of fused-ring (bicyclic) bond motifs is 1. The number of nitrogen functional groups attached to an aromatic ring is 1. The number of phenolic OH excluding ortho intramolecular Hbond substituents is 1. The molecule has 4 aromatic rings. The molecule has 5 rings (SSSR count). The van der Waals surface area contributed by atoms with Crippen molar-refractivity contribution < 1.29 is 90.3 Å². The van der Waals surface area contributed by atoms with Gasteiger partial charge in [-0.05, 0) is 127 Å². The Morgan fingerprint density at radius 2 is 1.58 bits per heavy atom. The van der Waals surface area contributed by atoms with E-state index < -0.39 is 90.6 Å². The summed E-state index contributed by atoms with van der Waals surface area (Å²) in [6.07, 6.45) is -6.85. The summed E-state index contributed by atoms with van der Waals surface area (Å²) >= 11 is 9.25. The van der Waals surface area contributed by atoms with Crippen LogP contribution in [-0.4, -0.2) is 134 Å². The zero-order valence-corrected chi connectivity index (χ0v) is 48.7. The standard InChI is InChI=1S/C36H45I4N8O19P3S/c1-36(2,13-63-70(60,61)67-69(58,59)62-12-23-29(66-68(55,56)57)27(51)34(65-23)48-15-47-25-31(42)45-14-46-32(25)48)30(52)33(53)44-4-3-24(49)43-5-6-71-35(54)22(41)9-16-7-20(39)28(21(40)8-16)64-17-10-18(37)26(50)19(38)11-17/h7-8,10-11,14-15,22-23,27,29-30,34,50-52H,3-6,9,12-13,41H2,1-2H3,(H,43,49)(H,44,53)(H,58,59)(H,60,61)(H2,42,45,46)(H2,55,56,57)/t22-,23?,27?,29?,30?,34?/m0/s1. The average Bonchev–Trinajstić information content (AvgIpc) is 3.83. The number of phosphoric ester groups is 3. The van der Waals surface area contributed by atoms with Crippen molar-refractivity contribution in [3.63, 3.8) is 0 Å². The van der Waals surface area contributed by atoms with Gasteiger partial charge >= 0.3 is 23.5 Å². The molecule has 8 atom stereocenters. The van der Waals surface area contributed by atoms with E-state index in [4.69, 9.17) is 30.0 Å². The van der Waals surface area contributed by atoms with E-state index >= 15 is 0 Å². The molecule has 2 amide bonds. The molecular weight excluding hydrogens is 1480 g/mol. The predicted molar refractivity (Wildman–Crippen MR) is 284 cm³/mol. The Balaban J connectivity index is 1.01. The number of hydrogen-bond acceptors (Lipinski definition) is 21. The lowest BCUT2D eigenvalue weighted by atomic mass is 9.87. The van der Waals surface area contributed by atoms with Crippen LogP contribution in [-0.2, 0) is 57.1 Å². The first-order valence-corrected chi connectivity index (χ1v) is 29.9. The van der Waals surface area contributed by atoms with Gasteiger partial charge in [0, 0.05) is 30.7 Å². The maximum atomic E-state index is 12.8. The van der Waals surface area contributed by atoms with Crippen molar-refractivity contribution in [2.75, 3.05) is 37.8 Å². The number of nitrogens with zero attached hydrogens (tertiary/aromatic N) is 4. The lowest BCUT2D eigenvalue weighted by molar-refractivity contribution is -0.137. The van der Waals surface area contributed by atoms with Gasteiger partial charge in [0.05, 0.1) is 39.9 Å². The molecule has 1 saturated heterocycles. The Kier molecular flexibility index (Phi) is 21.7. The van der Waals surface area contributed by atoms with Crippen molar-refractivity contribution in [1.82, 2.24) is 30.2 Å². The molecule has 0 spiro atoms. The van der Waals surface area contributed by atoms with Crippen molar-refractivity contribution in [2.24, 2.45) is 11.1 Å². The topological polar surface area (TPSA) is 419 Å². The highest BCUT2D eigenvalue weighted by molar-refractivity contribution is 14.1. The lowest BCUT2D eigenvalue weighted by Gasteiger charge is -2.30. The van der Waals surface area contributed by atoms with Crippen LogP contribution in [0.1, 0.15) is 32.1 Å². The normalized spacial score (nSPS) is 20.0. The first-order chi connectivity index (χ1) is 33.0. The molecule has 7 unspecified atom stereocenters. The number of thioether (sulfide) groups is 1. The summed E-state index contributed by atoms with van der Waals surface area (Å²) in [6.45, 7) is 0.256. The molecule has 392 valence electrons. The van der Waals surface area contributed by atoms with Gasteiger partial charge in [0.2, 0.25) is 16.9 Å². The molecule has 35 heteroatoms. The molecule has 27 nitrogen and oxygen atoms in total. The molecule has 1 aliphatic heterocycles. The van der Waals surface area contributed by atoms with Gasteiger partial charge in [-0.2, -0.15) is 4.31 Å². The summed E-state index contributed by atoms with van der Waals surface area (Å²) in [5.41, 5.74) is 11.2. The molecule has 13 N–H and O–H groups in total. The molecule has 2 aromatic carbocycles. The Hall–Kier alpha value is -1.52. The van der Waals surface area contributed by atoms with Crippen molar-refractivity contribution in [2.45, 2.75) is 63.4 Å². The van der Waals surface area contributed by atoms with Gasteiger partial charge in [-0.3, -0.25) is 32.5 Å². The summed E-state index contributed by atoms with van der Waals surface area (Å²) in [7, 11) is -16.5. The minimum atomic E-state index is -5.61. The monoisotopic (exact) mass is 1530 g/mol. The number of halogens is 4. The van der Waals surface area contributed by atoms with Crippen LogP contribution in [0.15, 0.2) is 36.9 Å². The fraction of sp³-hybridized carbons (Fsp3) is 0.444. The van der Waals surface area contributed by atoms with Crippen molar-refractivity contribution >= 4 is 160 Å². The first kappa shape index (κ1) is 60.3. The molecule has 3 heterocycles. The van der Waals surface area contributed by atoms with Gasteiger partial charge in [-0.25, -0.2) is 28.6 Å². The number of aliphatic hydroxyl groups is 2. The Bertz CT molecular complexity index is 2720. The maximum Gasteiger partial charge on any atom is 0.481 e. The number of carbonyl (C=O) groups excluding carboxylic acids is 3. The number of aliphatic hydroxyl groups excluding tert-OH is 2. The number of nitrogens with one attached hydrogen (secondary N) is 2. The van der Waals surface area contributed by atoms with E-state index in [1.165, 1.54) is 13.8 Å². The maximum absolute atomic E-state index is 12.8. The lowest BCUT2D eigenvalue weighted by Crippen LogP contribution is -2.46. The second-order valence-electron chi connectivity index (χ2n) is 15.8. The summed E-state index contributed by atoms with van der Waals surface area (Å²) in [5.74, 6) is -0.00422. The van der Waals surface area contributed by atoms with Crippen LogP contribution in [0.4, 0.5) is 5.82 Å². The molecule has 71 heavy (non-hydrogen) atoms. The van der Waals surface area contributed by atoms with E-state index in [1.54, 1.807) is 12.1 Å². The summed E-state index contributed by atoms with van der Waals surface area (Å²) in [6, 6.07) is 6.33. The summed E-state index contributed by atoms with van der Waals surface area (Å²) in [4.78, 5) is 89.2. The number of aromatic hydroxyl groups is 1. The number of anilines is 1. The van der Waals surface area contributed by atoms with Crippen molar-refractivity contribution in [3.8, 4) is 17.2 Å². The predicted octanol–water partition coefficient (Wildman–Crippen LogP) is 3.15. The number of hydrogen-bond donors (Lipinski definition) is 11. The second-order valence-corrected chi connectivity index (χ2v) is 25.8. The summed E-state index contributed by atoms with van der Waals surface area (Å²) < 4.78 is 71.5. The Labute approximate surface area is 462 Å². The first-order valence-electron chi connectivity index (χ1n) is 20.1. The number of amides is 2. The third kappa shape index (κ3) is 17.2. The zero-order valence-electron chi connectivity index (χ0n) is 36.6. The third-order valence-electron chi connectivity index (χ3n) is 9.77. The number of phosphoric acid groups is 3. The average molecular weight is 1530 g/mol. The fourth-order valence-corrected chi connectivity index (χ4v) is 13.6. The van der Waals surface area contributed by atoms with E-state index in [1.807, 2.05) is 57.3 Å². The van der Waals surface area contributed by atoms with Crippen LogP contribution in [0.2, 0.25) is 0 Å². The number of ether oxygens (including phenoxy) is 2. The van der Waals surface area contributed by atoms with Gasteiger partial charge < -0.3 is 66.5 Å². The molecule has 0 aliphatic carbocycles. The van der Waals surface area contributed by atoms with Gasteiger partial charge in [0.1, 0.15) is 47.8 Å². The van der Waals surface area contributed by atoms with E-state index in [0.29, 0.717) is 18.6 Å². The Morgan fingerprint density at radius 3 is 2.21 bits per heavy atom. The van der Waals surface area contributed by atoms with Crippen LogP contribution in [0.5, 0.6) is 17.2 Å². The van der Waals surface area contributed by atoms with Gasteiger partial charge in [0.25, 0.3) is 0 Å². The van der Waals surface area contributed by atoms with Gasteiger partial charge in [0.15, 0.2) is 23.4 Å². The largest absolute Gasteiger partial charge is 0.506 e. The third-order valence-corrected chi connectivity index (χ3v) is 17.1. The van der Waals surface area contributed by atoms with Crippen LogP contribution < -0.4 is 26.8 Å². The molecular formula is C36H45I4N8O19P3S. The highest BCUT2D eigenvalue weighted by Crippen LogP contribution is 2.61. The number of benzene rings is 2. The number of aromatic nitrogens is 4. The molecule has 0 radical (unpaired) electrons. The fourth-order valence-electron chi connectivity index (χ4n) is 6.27. The minimum absolute atomic E-state index is 0.0204. The zero-order chi connectivity index (χ0) is 52.8. The van der Waals surface area contributed by atoms with E-state index in [0.717, 1.165) is 41.7 Å². The summed E-state index contributed by atoms with van der Waals surface area (Å²) in [5, 5.41) is 36.4. The highest BCUT2D eigenvalue weighted by Gasteiger charge is 2.50. The minimum Gasteiger partial charge on any atom is -0.506 e. The molecule has 2 aromatic heterocycles. The number of phenols is 1.